The minimum absolute atomic E-state index is 0.0348. The van der Waals surface area contributed by atoms with Crippen molar-refractivity contribution in [3.05, 3.63) is 83.7 Å². The van der Waals surface area contributed by atoms with Crippen LogP contribution >= 0.6 is 0 Å². The number of pyridine rings is 1. The zero-order valence-electron chi connectivity index (χ0n) is 22.7. The molecule has 0 saturated carbocycles. The summed E-state index contributed by atoms with van der Waals surface area (Å²) >= 11 is 0. The summed E-state index contributed by atoms with van der Waals surface area (Å²) in [5.74, 6) is -1.00. The molecule has 2 aromatic heterocycles. The van der Waals surface area contributed by atoms with Crippen LogP contribution in [0.2, 0.25) is 0 Å². The lowest BCUT2D eigenvalue weighted by molar-refractivity contribution is 0.0940. The first-order valence-electron chi connectivity index (χ1n) is 12.7. The Morgan fingerprint density at radius 2 is 1.67 bits per heavy atom. The zero-order valence-corrected chi connectivity index (χ0v) is 24.3. The molecule has 3 aromatic carbocycles. The molecule has 0 fully saturated rings. The summed E-state index contributed by atoms with van der Waals surface area (Å²) < 4.78 is 68.4. The van der Waals surface area contributed by atoms with Crippen LogP contribution in [0.5, 0.6) is 5.75 Å². The summed E-state index contributed by atoms with van der Waals surface area (Å²) in [4.78, 5) is 11.1. The lowest BCUT2D eigenvalue weighted by atomic mass is 9.97. The number of nitrogens with zero attached hydrogens (tertiary/aromatic N) is 4. The van der Waals surface area contributed by atoms with Crippen LogP contribution in [0.15, 0.2) is 86.9 Å². The van der Waals surface area contributed by atoms with Gasteiger partial charge in [0.25, 0.3) is 20.2 Å². The van der Waals surface area contributed by atoms with Crippen molar-refractivity contribution in [1.82, 2.24) is 9.61 Å². The van der Waals surface area contributed by atoms with E-state index in [0.717, 1.165) is 11.6 Å². The van der Waals surface area contributed by atoms with Gasteiger partial charge in [-0.15, -0.1) is 5.11 Å². The van der Waals surface area contributed by atoms with Gasteiger partial charge in [0, 0.05) is 23.9 Å². The zero-order chi connectivity index (χ0) is 31.3. The van der Waals surface area contributed by atoms with Gasteiger partial charge >= 0.3 is 0 Å². The van der Waals surface area contributed by atoms with Crippen molar-refractivity contribution in [2.45, 2.75) is 30.1 Å². The minimum atomic E-state index is -5.04. The highest BCUT2D eigenvalue weighted by molar-refractivity contribution is 7.87. The third-order valence-corrected chi connectivity index (χ3v) is 8.50. The Labute approximate surface area is 245 Å². The van der Waals surface area contributed by atoms with Crippen LogP contribution in [-0.4, -0.2) is 46.4 Å². The molecule has 0 radical (unpaired) electrons. The number of Topliss-reactive ketones (excluding diaryl/α,β-unsaturated/α-hetero) is 1. The fraction of sp³-hybridized carbons (Fsp3) is 0.143. The number of hydrogen-bond donors (Lipinski definition) is 4. The van der Waals surface area contributed by atoms with Crippen LogP contribution in [0.4, 0.5) is 17.1 Å². The second-order valence-electron chi connectivity index (χ2n) is 10.0. The van der Waals surface area contributed by atoms with E-state index >= 15 is 0 Å². The van der Waals surface area contributed by atoms with Crippen LogP contribution in [-0.2, 0) is 26.7 Å². The predicted octanol–water partition coefficient (Wildman–Crippen LogP) is 5.11. The van der Waals surface area contributed by atoms with Crippen molar-refractivity contribution in [1.29, 1.82) is 0 Å². The van der Waals surface area contributed by atoms with E-state index in [1.54, 1.807) is 28.9 Å². The van der Waals surface area contributed by atoms with Gasteiger partial charge in [-0.3, -0.25) is 13.9 Å². The number of benzene rings is 3. The summed E-state index contributed by atoms with van der Waals surface area (Å²) in [6.45, 7) is 3.64. The second kappa shape index (κ2) is 10.9. The van der Waals surface area contributed by atoms with Gasteiger partial charge in [-0.25, -0.2) is 4.52 Å². The van der Waals surface area contributed by atoms with E-state index in [4.69, 9.17) is 5.73 Å². The monoisotopic (exact) mass is 623 g/mol. The lowest BCUT2D eigenvalue weighted by Gasteiger charge is -2.13. The summed E-state index contributed by atoms with van der Waals surface area (Å²) in [6, 6.07) is 15.2. The first-order chi connectivity index (χ1) is 20.2. The van der Waals surface area contributed by atoms with Gasteiger partial charge < -0.3 is 10.8 Å². The quantitative estimate of drug-likeness (QED) is 0.0775. The Kier molecular flexibility index (Phi) is 7.52. The number of aromatic hydroxyl groups is 1. The highest BCUT2D eigenvalue weighted by atomic mass is 32.2. The van der Waals surface area contributed by atoms with E-state index in [1.807, 2.05) is 38.1 Å². The van der Waals surface area contributed by atoms with Crippen molar-refractivity contribution in [2.24, 2.45) is 16.1 Å². The average molecular weight is 624 g/mol. The number of phenols is 1. The van der Waals surface area contributed by atoms with Gasteiger partial charge in [0.05, 0.1) is 33.5 Å². The number of rotatable bonds is 8. The number of aromatic nitrogens is 2. The van der Waals surface area contributed by atoms with Crippen molar-refractivity contribution in [2.75, 3.05) is 5.73 Å². The van der Waals surface area contributed by atoms with E-state index in [-0.39, 0.29) is 22.8 Å². The fourth-order valence-corrected chi connectivity index (χ4v) is 6.16. The van der Waals surface area contributed by atoms with E-state index in [1.165, 1.54) is 6.07 Å². The smallest absolute Gasteiger partial charge is 0.296 e. The maximum Gasteiger partial charge on any atom is 0.296 e. The molecule has 15 heteroatoms. The third kappa shape index (κ3) is 5.70. The van der Waals surface area contributed by atoms with Crippen LogP contribution in [0.25, 0.3) is 16.3 Å². The molecule has 0 aliphatic heterocycles. The number of fused-ring (bicyclic) bond motifs is 2. The molecule has 0 amide bonds. The van der Waals surface area contributed by atoms with Crippen LogP contribution in [0, 0.1) is 5.92 Å². The number of carbonyl (C=O) groups is 1. The molecule has 0 unspecified atom stereocenters. The van der Waals surface area contributed by atoms with Crippen molar-refractivity contribution in [3.8, 4) is 5.75 Å². The Bertz CT molecular complexity index is 2190. The Morgan fingerprint density at radius 3 is 2.35 bits per heavy atom. The number of azo groups is 1. The number of nitrogen functional groups attached to an aromatic ring is 1. The Balaban J connectivity index is 1.54. The third-order valence-electron chi connectivity index (χ3n) is 6.71. The number of nitrogens with two attached hydrogens (primary N) is 1. The molecule has 0 bridgehead atoms. The summed E-state index contributed by atoms with van der Waals surface area (Å²) in [5.41, 5.74) is 7.98. The number of phenolic OH excluding ortho intramolecular Hbond substituents is 1. The van der Waals surface area contributed by atoms with Gasteiger partial charge in [0.1, 0.15) is 15.5 Å². The Morgan fingerprint density at radius 1 is 0.953 bits per heavy atom. The average Bonchev–Trinajstić information content (AvgIpc) is 3.28. The topological polar surface area (TPSA) is 214 Å². The van der Waals surface area contributed by atoms with E-state index in [0.29, 0.717) is 34.9 Å². The molecule has 43 heavy (non-hydrogen) atoms. The molecule has 222 valence electrons. The molecule has 2 heterocycles. The first kappa shape index (κ1) is 29.8. The standard InChI is InChI=1S/C28H25N5O8S2/c1-15(2)27(34)25-20(32-33-11-4-3-8-21(25)33)13-16-6-5-7-17(12-16)30-31-19-10-9-18-22(42(36,37)38)14-23(43(39,40)41)26(29)24(18)28(19)35/h3-12,14-15,35H,13,29H2,1-2H3,(H,36,37,38)(H,39,40,41). The number of hydrogen-bond acceptors (Lipinski definition) is 10. The number of carbonyl (C=O) groups excluding carboxylic acids is 1. The Hall–Kier alpha value is -4.70. The highest BCUT2D eigenvalue weighted by Gasteiger charge is 2.27. The molecular weight excluding hydrogens is 598 g/mol. The molecule has 0 spiro atoms. The van der Waals surface area contributed by atoms with Crippen LogP contribution in [0.3, 0.4) is 0 Å². The van der Waals surface area contributed by atoms with Crippen LogP contribution in [0.1, 0.15) is 35.5 Å². The van der Waals surface area contributed by atoms with Gasteiger partial charge in [-0.2, -0.15) is 27.0 Å². The second-order valence-corrected chi connectivity index (χ2v) is 12.8. The SMILES string of the molecule is CC(C)C(=O)c1c(Cc2cccc(N=Nc3ccc4c(S(=O)(=O)O)cc(S(=O)(=O)O)c(N)c4c3O)c2)nn2ccccc12. The maximum atomic E-state index is 13.0. The molecule has 13 nitrogen and oxygen atoms in total. The first-order valence-corrected chi connectivity index (χ1v) is 15.6. The van der Waals surface area contributed by atoms with Gasteiger partial charge in [-0.05, 0) is 42.0 Å². The summed E-state index contributed by atoms with van der Waals surface area (Å²) in [6.07, 6.45) is 2.08. The van der Waals surface area contributed by atoms with Crippen LogP contribution < -0.4 is 5.73 Å². The van der Waals surface area contributed by atoms with Crippen molar-refractivity contribution < 1.29 is 35.8 Å². The van der Waals surface area contributed by atoms with Gasteiger partial charge in [0.2, 0.25) is 0 Å². The molecule has 0 aliphatic rings. The van der Waals surface area contributed by atoms with Gasteiger partial charge in [-0.1, -0.05) is 38.1 Å². The summed E-state index contributed by atoms with van der Waals surface area (Å²) in [5, 5.41) is 22.9. The van der Waals surface area contributed by atoms with E-state index in [9.17, 15) is 35.8 Å². The molecule has 5 rings (SSSR count). The van der Waals surface area contributed by atoms with Gasteiger partial charge in [0.15, 0.2) is 11.5 Å². The largest absolute Gasteiger partial charge is 0.505 e. The molecular formula is C28H25N5O8S2. The molecule has 5 N–H and O–H groups in total. The van der Waals surface area contributed by atoms with Crippen molar-refractivity contribution in [3.63, 3.8) is 0 Å². The molecule has 0 saturated heterocycles. The molecule has 0 aliphatic carbocycles. The maximum absolute atomic E-state index is 13.0. The normalized spacial score (nSPS) is 12.6. The van der Waals surface area contributed by atoms with E-state index in [2.05, 4.69) is 15.3 Å². The fourth-order valence-electron chi connectivity index (χ4n) is 4.73. The molecule has 0 atom stereocenters. The number of anilines is 1. The lowest BCUT2D eigenvalue weighted by Crippen LogP contribution is -2.10. The van der Waals surface area contributed by atoms with E-state index < -0.39 is 46.9 Å². The summed E-state index contributed by atoms with van der Waals surface area (Å²) in [7, 11) is -10.0. The molecule has 5 aromatic rings. The predicted molar refractivity (Wildman–Crippen MR) is 157 cm³/mol. The minimum Gasteiger partial charge on any atom is -0.505 e. The van der Waals surface area contributed by atoms with Crippen molar-refractivity contribution >= 4 is 59.4 Å². The number of ketones is 1. The highest BCUT2D eigenvalue weighted by Crippen LogP contribution is 2.43.